The Bertz CT molecular complexity index is 816. The van der Waals surface area contributed by atoms with Crippen LogP contribution in [-0.2, 0) is 6.54 Å². The molecule has 7 heteroatoms. The standard InChI is InChI=1S/C17H16Cl2N4S/c1-11-7-12(2)22-17(21-11)24-16(9-23-6-5-20-10-23)14-4-3-13(18)8-15(14)19/h3-8,10,16H,9H2,1-2H3/t16-/m1/s1. The van der Waals surface area contributed by atoms with E-state index in [1.165, 1.54) is 0 Å². The average Bonchev–Trinajstić information content (AvgIpc) is 2.98. The zero-order valence-electron chi connectivity index (χ0n) is 13.3. The van der Waals surface area contributed by atoms with Gasteiger partial charge in [-0.15, -0.1) is 0 Å². The lowest BCUT2D eigenvalue weighted by atomic mass is 10.1. The van der Waals surface area contributed by atoms with Crippen molar-refractivity contribution in [2.24, 2.45) is 0 Å². The highest BCUT2D eigenvalue weighted by atomic mass is 35.5. The Morgan fingerprint density at radius 2 is 1.88 bits per heavy atom. The van der Waals surface area contributed by atoms with E-state index >= 15 is 0 Å². The molecule has 3 rings (SSSR count). The number of benzene rings is 1. The summed E-state index contributed by atoms with van der Waals surface area (Å²) in [5.74, 6) is 0. The van der Waals surface area contributed by atoms with Crippen LogP contribution >= 0.6 is 35.0 Å². The van der Waals surface area contributed by atoms with Gasteiger partial charge in [0.1, 0.15) is 0 Å². The molecule has 24 heavy (non-hydrogen) atoms. The van der Waals surface area contributed by atoms with Crippen LogP contribution in [0, 0.1) is 13.8 Å². The maximum absolute atomic E-state index is 6.43. The molecule has 0 unspecified atom stereocenters. The maximum atomic E-state index is 6.43. The first-order valence-electron chi connectivity index (χ1n) is 7.41. The third-order valence-corrected chi connectivity index (χ3v) is 5.10. The fourth-order valence-corrected chi connectivity index (χ4v) is 4.25. The molecule has 0 fully saturated rings. The number of nitrogens with zero attached hydrogens (tertiary/aromatic N) is 4. The van der Waals surface area contributed by atoms with Crippen LogP contribution in [0.25, 0.3) is 0 Å². The largest absolute Gasteiger partial charge is 0.336 e. The molecule has 2 aromatic heterocycles. The predicted octanol–water partition coefficient (Wildman–Crippen LogP) is 5.13. The van der Waals surface area contributed by atoms with E-state index in [1.54, 1.807) is 30.4 Å². The van der Waals surface area contributed by atoms with Gasteiger partial charge in [-0.1, -0.05) is 41.0 Å². The Morgan fingerprint density at radius 3 is 2.50 bits per heavy atom. The molecule has 0 saturated carbocycles. The van der Waals surface area contributed by atoms with Crippen LogP contribution in [0.15, 0.2) is 48.1 Å². The van der Waals surface area contributed by atoms with Gasteiger partial charge in [-0.25, -0.2) is 15.0 Å². The second-order valence-corrected chi connectivity index (χ2v) is 7.48. The van der Waals surface area contributed by atoms with Crippen LogP contribution in [0.1, 0.15) is 22.2 Å². The van der Waals surface area contributed by atoms with E-state index < -0.39 is 0 Å². The Balaban J connectivity index is 1.94. The summed E-state index contributed by atoms with van der Waals surface area (Å²) in [6.45, 7) is 4.65. The first-order valence-corrected chi connectivity index (χ1v) is 9.04. The number of rotatable bonds is 5. The van der Waals surface area contributed by atoms with Gasteiger partial charge in [0.05, 0.1) is 11.6 Å². The van der Waals surface area contributed by atoms with Gasteiger partial charge in [0, 0.05) is 40.4 Å². The van der Waals surface area contributed by atoms with Crippen molar-refractivity contribution in [3.8, 4) is 0 Å². The Morgan fingerprint density at radius 1 is 1.12 bits per heavy atom. The minimum absolute atomic E-state index is 0.0465. The van der Waals surface area contributed by atoms with Crippen molar-refractivity contribution in [2.75, 3.05) is 0 Å². The number of halogens is 2. The van der Waals surface area contributed by atoms with Crippen LogP contribution in [0.4, 0.5) is 0 Å². The molecular weight excluding hydrogens is 363 g/mol. The van der Waals surface area contributed by atoms with Crippen LogP contribution in [0.2, 0.25) is 10.0 Å². The number of hydrogen-bond acceptors (Lipinski definition) is 4. The van der Waals surface area contributed by atoms with Gasteiger partial charge in [-0.3, -0.25) is 0 Å². The molecule has 1 aromatic carbocycles. The molecule has 0 N–H and O–H groups in total. The van der Waals surface area contributed by atoms with Crippen molar-refractivity contribution >= 4 is 35.0 Å². The molecule has 0 spiro atoms. The molecule has 4 nitrogen and oxygen atoms in total. The Labute approximate surface area is 155 Å². The summed E-state index contributed by atoms with van der Waals surface area (Å²) in [4.78, 5) is 13.2. The van der Waals surface area contributed by atoms with Gasteiger partial charge in [0.15, 0.2) is 5.16 Å². The molecule has 0 saturated heterocycles. The molecule has 0 aliphatic heterocycles. The van der Waals surface area contributed by atoms with E-state index in [2.05, 4.69) is 15.0 Å². The highest BCUT2D eigenvalue weighted by Crippen LogP contribution is 2.39. The third-order valence-electron chi connectivity index (χ3n) is 3.45. The zero-order valence-corrected chi connectivity index (χ0v) is 15.6. The number of hydrogen-bond donors (Lipinski definition) is 0. The first-order chi connectivity index (χ1) is 11.5. The third kappa shape index (κ3) is 4.29. The molecular formula is C17H16Cl2N4S. The van der Waals surface area contributed by atoms with Crippen LogP contribution in [-0.4, -0.2) is 19.5 Å². The van der Waals surface area contributed by atoms with Crippen LogP contribution in [0.5, 0.6) is 0 Å². The summed E-state index contributed by atoms with van der Waals surface area (Å²) in [6.07, 6.45) is 5.48. The molecule has 1 atom stereocenters. The van der Waals surface area contributed by atoms with E-state index in [1.807, 2.05) is 42.8 Å². The fourth-order valence-electron chi connectivity index (χ4n) is 2.42. The first kappa shape index (κ1) is 17.3. The van der Waals surface area contributed by atoms with E-state index in [4.69, 9.17) is 23.2 Å². The van der Waals surface area contributed by atoms with Gasteiger partial charge in [0.25, 0.3) is 0 Å². The number of aromatic nitrogens is 4. The summed E-state index contributed by atoms with van der Waals surface area (Å²) in [6, 6.07) is 7.54. The van der Waals surface area contributed by atoms with E-state index in [-0.39, 0.29) is 5.25 Å². The van der Waals surface area contributed by atoms with Crippen LogP contribution in [0.3, 0.4) is 0 Å². The molecule has 0 bridgehead atoms. The van der Waals surface area contributed by atoms with Crippen molar-refractivity contribution < 1.29 is 0 Å². The fraction of sp³-hybridized carbons (Fsp3) is 0.235. The molecule has 124 valence electrons. The normalized spacial score (nSPS) is 12.3. The monoisotopic (exact) mass is 378 g/mol. The smallest absolute Gasteiger partial charge is 0.188 e. The minimum Gasteiger partial charge on any atom is -0.336 e. The lowest BCUT2D eigenvalue weighted by Gasteiger charge is -2.18. The Hall–Kier alpha value is -1.56. The molecule has 2 heterocycles. The summed E-state index contributed by atoms with van der Waals surface area (Å²) in [5.41, 5.74) is 2.91. The van der Waals surface area contributed by atoms with E-state index in [9.17, 15) is 0 Å². The van der Waals surface area contributed by atoms with Crippen LogP contribution < -0.4 is 0 Å². The van der Waals surface area contributed by atoms with Gasteiger partial charge in [-0.2, -0.15) is 0 Å². The topological polar surface area (TPSA) is 43.6 Å². The molecule has 3 aromatic rings. The van der Waals surface area contributed by atoms with Crippen molar-refractivity contribution in [3.63, 3.8) is 0 Å². The highest BCUT2D eigenvalue weighted by Gasteiger charge is 2.19. The summed E-state index contributed by atoms with van der Waals surface area (Å²) in [7, 11) is 0. The summed E-state index contributed by atoms with van der Waals surface area (Å²) in [5, 5.41) is 2.05. The number of thioether (sulfide) groups is 1. The van der Waals surface area contributed by atoms with E-state index in [0.717, 1.165) is 22.1 Å². The van der Waals surface area contributed by atoms with Gasteiger partial charge in [-0.05, 0) is 37.6 Å². The number of aryl methyl sites for hydroxylation is 2. The molecule has 0 amide bonds. The quantitative estimate of drug-likeness (QED) is 0.455. The maximum Gasteiger partial charge on any atom is 0.188 e. The lowest BCUT2D eigenvalue weighted by Crippen LogP contribution is -2.07. The number of imidazole rings is 1. The highest BCUT2D eigenvalue weighted by molar-refractivity contribution is 7.99. The summed E-state index contributed by atoms with van der Waals surface area (Å²) >= 11 is 14.1. The van der Waals surface area contributed by atoms with Gasteiger partial charge < -0.3 is 4.57 Å². The molecule has 0 aliphatic carbocycles. The molecule has 0 aliphatic rings. The summed E-state index contributed by atoms with van der Waals surface area (Å²) < 4.78 is 2.02. The van der Waals surface area contributed by atoms with E-state index in [0.29, 0.717) is 16.6 Å². The Kier molecular flexibility index (Phi) is 5.43. The predicted molar refractivity (Wildman–Crippen MR) is 98.8 cm³/mol. The SMILES string of the molecule is Cc1cc(C)nc(S[C@H](Cn2ccnc2)c2ccc(Cl)cc2Cl)n1. The van der Waals surface area contributed by atoms with Crippen molar-refractivity contribution in [2.45, 2.75) is 30.8 Å². The second kappa shape index (κ2) is 7.55. The van der Waals surface area contributed by atoms with Crippen molar-refractivity contribution in [3.05, 3.63) is 70.0 Å². The lowest BCUT2D eigenvalue weighted by molar-refractivity contribution is 0.681. The van der Waals surface area contributed by atoms with Crippen molar-refractivity contribution in [1.29, 1.82) is 0 Å². The van der Waals surface area contributed by atoms with Crippen molar-refractivity contribution in [1.82, 2.24) is 19.5 Å². The molecule has 0 radical (unpaired) electrons. The minimum atomic E-state index is 0.0465. The second-order valence-electron chi connectivity index (χ2n) is 5.47. The average molecular weight is 379 g/mol. The van der Waals surface area contributed by atoms with Gasteiger partial charge >= 0.3 is 0 Å². The van der Waals surface area contributed by atoms with Gasteiger partial charge in [0.2, 0.25) is 0 Å². The zero-order chi connectivity index (χ0) is 17.1.